The van der Waals surface area contributed by atoms with Crippen molar-refractivity contribution in [2.45, 2.75) is 85.2 Å². The van der Waals surface area contributed by atoms with E-state index in [0.717, 1.165) is 11.6 Å². The van der Waals surface area contributed by atoms with E-state index in [1.165, 1.54) is 21.9 Å². The van der Waals surface area contributed by atoms with Crippen LogP contribution in [0.5, 0.6) is 0 Å². The number of rotatable bonds is 6. The maximum absolute atomic E-state index is 13.8. The summed E-state index contributed by atoms with van der Waals surface area (Å²) in [5.74, 6) is -2.91. The van der Waals surface area contributed by atoms with Crippen LogP contribution in [0.4, 0.5) is 24.5 Å². The molecule has 15 heteroatoms. The predicted octanol–water partition coefficient (Wildman–Crippen LogP) is 6.93. The lowest BCUT2D eigenvalue weighted by Gasteiger charge is -2.37. The Balaban J connectivity index is 0.000000359. The van der Waals surface area contributed by atoms with Gasteiger partial charge < -0.3 is 39.8 Å². The molecule has 3 N–H and O–H groups in total. The van der Waals surface area contributed by atoms with Crippen LogP contribution in [0.15, 0.2) is 48.5 Å². The summed E-state index contributed by atoms with van der Waals surface area (Å²) in [7, 11) is 0. The smallest absolute Gasteiger partial charge is 0.410 e. The van der Waals surface area contributed by atoms with Crippen molar-refractivity contribution in [3.63, 3.8) is 0 Å². The molecule has 4 amide bonds. The van der Waals surface area contributed by atoms with E-state index in [0.29, 0.717) is 13.0 Å². The Morgan fingerprint density at radius 3 is 1.98 bits per heavy atom. The Bertz CT molecular complexity index is 1560. The normalized spacial score (nSPS) is 20.4. The number of benzene rings is 2. The van der Waals surface area contributed by atoms with Crippen molar-refractivity contribution >= 4 is 47.4 Å². The second-order valence-corrected chi connectivity index (χ2v) is 15.5. The molecule has 4 rings (SSSR count). The summed E-state index contributed by atoms with van der Waals surface area (Å²) in [5.41, 5.74) is -0.214. The number of hydrogen-bond donors (Lipinski definition) is 3. The molecule has 0 unspecified atom stereocenters. The summed E-state index contributed by atoms with van der Waals surface area (Å²) in [6.45, 7) is 13.7. The molecule has 2 aromatic rings. The Labute approximate surface area is 309 Å². The van der Waals surface area contributed by atoms with Gasteiger partial charge in [0.25, 0.3) is 0 Å². The SMILES string of the molecule is CC(C)(C)OC(=O)N1C[C@H](NC(=O)OCc2ccccc2)C[C@H](C(=O)Nc2ccc(Cl)c(F)c2)C1.C[C@@H]1C[C@H](C(=O)O)CN(C(=O)OC(C)(C)C)C1. The summed E-state index contributed by atoms with van der Waals surface area (Å²) in [5, 5.41) is 14.3. The average molecular weight is 749 g/mol. The van der Waals surface area contributed by atoms with Gasteiger partial charge in [-0.1, -0.05) is 48.9 Å². The molecule has 0 radical (unpaired) electrons. The van der Waals surface area contributed by atoms with Gasteiger partial charge in [0.1, 0.15) is 23.6 Å². The molecule has 2 aliphatic heterocycles. The maximum Gasteiger partial charge on any atom is 0.410 e. The monoisotopic (exact) mass is 748 g/mol. The number of alkyl carbamates (subject to hydrolysis) is 1. The molecule has 0 aromatic heterocycles. The van der Waals surface area contributed by atoms with E-state index in [2.05, 4.69) is 10.6 Å². The number of carbonyl (C=O) groups is 5. The number of halogens is 2. The van der Waals surface area contributed by atoms with Gasteiger partial charge in [-0.25, -0.2) is 18.8 Å². The standard InChI is InChI=1S/C25H29ClFN3O5.C12H21NO4/c1-25(2,3)35-24(33)30-13-17(22(31)28-18-9-10-20(26)21(27)12-18)11-19(14-30)29-23(32)34-15-16-7-5-4-6-8-16;1-8-5-9(10(14)15)7-13(6-8)11(16)17-12(2,3)4/h4-10,12,17,19H,11,13-15H2,1-3H3,(H,28,31)(H,29,32);8-9H,5-7H2,1-4H3,(H,14,15)/t17-,19+;8-,9+/m01/s1. The third-order valence-electron chi connectivity index (χ3n) is 7.86. The van der Waals surface area contributed by atoms with Crippen molar-refractivity contribution in [2.75, 3.05) is 31.5 Å². The van der Waals surface area contributed by atoms with Gasteiger partial charge in [-0.3, -0.25) is 9.59 Å². The highest BCUT2D eigenvalue weighted by Gasteiger charge is 2.37. The molecule has 0 spiro atoms. The molecule has 286 valence electrons. The minimum absolute atomic E-state index is 0.0601. The molecule has 52 heavy (non-hydrogen) atoms. The first-order valence-corrected chi connectivity index (χ1v) is 17.5. The molecular formula is C37H50ClFN4O9. The molecular weight excluding hydrogens is 699 g/mol. The fraction of sp³-hybridized carbons (Fsp3) is 0.541. The van der Waals surface area contributed by atoms with Crippen LogP contribution in [-0.4, -0.2) is 88.5 Å². The zero-order chi connectivity index (χ0) is 38.8. The Morgan fingerprint density at radius 2 is 1.42 bits per heavy atom. The first kappa shape index (κ1) is 41.8. The first-order valence-electron chi connectivity index (χ1n) is 17.1. The molecule has 2 aromatic carbocycles. The Kier molecular flexibility index (Phi) is 14.7. The minimum Gasteiger partial charge on any atom is -0.481 e. The van der Waals surface area contributed by atoms with Crippen molar-refractivity contribution in [3.8, 4) is 0 Å². The quantitative estimate of drug-likeness (QED) is 0.266. The van der Waals surface area contributed by atoms with Crippen molar-refractivity contribution in [3.05, 3.63) is 64.9 Å². The summed E-state index contributed by atoms with van der Waals surface area (Å²) in [4.78, 5) is 63.8. The van der Waals surface area contributed by atoms with Gasteiger partial charge in [0.05, 0.1) is 22.9 Å². The number of piperidine rings is 2. The molecule has 0 saturated carbocycles. The van der Waals surface area contributed by atoms with E-state index >= 15 is 0 Å². The van der Waals surface area contributed by atoms with E-state index < -0.39 is 65.1 Å². The summed E-state index contributed by atoms with van der Waals surface area (Å²) in [6, 6.07) is 12.6. The highest BCUT2D eigenvalue weighted by molar-refractivity contribution is 6.30. The largest absolute Gasteiger partial charge is 0.481 e. The second-order valence-electron chi connectivity index (χ2n) is 15.1. The van der Waals surface area contributed by atoms with Crippen LogP contribution in [0, 0.1) is 23.6 Å². The van der Waals surface area contributed by atoms with E-state index in [9.17, 15) is 28.4 Å². The molecule has 13 nitrogen and oxygen atoms in total. The number of nitrogens with zero attached hydrogens (tertiary/aromatic N) is 2. The molecule has 2 saturated heterocycles. The van der Waals surface area contributed by atoms with Crippen LogP contribution in [0.2, 0.25) is 5.02 Å². The highest BCUT2D eigenvalue weighted by atomic mass is 35.5. The fourth-order valence-electron chi connectivity index (χ4n) is 5.62. The van der Waals surface area contributed by atoms with Gasteiger partial charge in [0.2, 0.25) is 5.91 Å². The molecule has 2 fully saturated rings. The van der Waals surface area contributed by atoms with Crippen LogP contribution in [0.1, 0.15) is 66.9 Å². The van der Waals surface area contributed by atoms with Crippen LogP contribution in [0.3, 0.4) is 0 Å². The number of anilines is 1. The molecule has 2 aliphatic rings. The van der Waals surface area contributed by atoms with Crippen LogP contribution in [0.25, 0.3) is 0 Å². The predicted molar refractivity (Wildman–Crippen MR) is 192 cm³/mol. The third kappa shape index (κ3) is 14.2. The number of aliphatic carboxylic acids is 1. The van der Waals surface area contributed by atoms with E-state index in [1.54, 1.807) is 41.5 Å². The molecule has 2 heterocycles. The minimum atomic E-state index is -0.842. The van der Waals surface area contributed by atoms with Gasteiger partial charge in [-0.05, 0) is 84.1 Å². The molecule has 4 atom stereocenters. The maximum atomic E-state index is 13.8. The number of carboxylic acid groups (broad SMARTS) is 1. The number of carboxylic acids is 1. The summed E-state index contributed by atoms with van der Waals surface area (Å²) in [6.07, 6.45) is -0.813. The Morgan fingerprint density at radius 1 is 0.846 bits per heavy atom. The van der Waals surface area contributed by atoms with Gasteiger partial charge in [-0.15, -0.1) is 0 Å². The van der Waals surface area contributed by atoms with E-state index in [4.69, 9.17) is 30.9 Å². The van der Waals surface area contributed by atoms with Gasteiger partial charge in [0.15, 0.2) is 0 Å². The topological polar surface area (TPSA) is 164 Å². The van der Waals surface area contributed by atoms with E-state index in [1.807, 2.05) is 37.3 Å². The zero-order valence-electron chi connectivity index (χ0n) is 30.7. The summed E-state index contributed by atoms with van der Waals surface area (Å²) < 4.78 is 29.8. The average Bonchev–Trinajstić information content (AvgIpc) is 3.04. The molecule has 0 bridgehead atoms. The van der Waals surface area contributed by atoms with Crippen LogP contribution in [-0.2, 0) is 30.4 Å². The lowest BCUT2D eigenvalue weighted by atomic mass is 9.91. The van der Waals surface area contributed by atoms with Crippen molar-refractivity contribution in [2.24, 2.45) is 17.8 Å². The van der Waals surface area contributed by atoms with Gasteiger partial charge in [0, 0.05) is 31.9 Å². The lowest BCUT2D eigenvalue weighted by Crippen LogP contribution is -2.55. The number of amides is 4. The first-order chi connectivity index (χ1) is 24.2. The number of hydrogen-bond acceptors (Lipinski definition) is 8. The van der Waals surface area contributed by atoms with Crippen LogP contribution < -0.4 is 10.6 Å². The van der Waals surface area contributed by atoms with E-state index in [-0.39, 0.29) is 49.3 Å². The van der Waals surface area contributed by atoms with Gasteiger partial charge >= 0.3 is 24.2 Å². The second kappa shape index (κ2) is 18.3. The fourth-order valence-corrected chi connectivity index (χ4v) is 5.74. The van der Waals surface area contributed by atoms with Crippen molar-refractivity contribution in [1.29, 1.82) is 0 Å². The zero-order valence-corrected chi connectivity index (χ0v) is 31.5. The number of ether oxygens (including phenoxy) is 3. The Hall–Kier alpha value is -4.59. The molecule has 0 aliphatic carbocycles. The number of carbonyl (C=O) groups excluding carboxylic acids is 4. The van der Waals surface area contributed by atoms with Crippen molar-refractivity contribution in [1.82, 2.24) is 15.1 Å². The summed E-state index contributed by atoms with van der Waals surface area (Å²) >= 11 is 5.71. The van der Waals surface area contributed by atoms with Crippen LogP contribution >= 0.6 is 11.6 Å². The highest BCUT2D eigenvalue weighted by Crippen LogP contribution is 2.25. The third-order valence-corrected chi connectivity index (χ3v) is 8.16. The lowest BCUT2D eigenvalue weighted by molar-refractivity contribution is -0.144. The van der Waals surface area contributed by atoms with Gasteiger partial charge in [-0.2, -0.15) is 0 Å². The number of likely N-dealkylation sites (tertiary alicyclic amines) is 2. The van der Waals surface area contributed by atoms with Crippen molar-refractivity contribution < 1.29 is 47.7 Å². The number of nitrogens with one attached hydrogen (secondary N) is 2.